The van der Waals surface area contributed by atoms with Crippen molar-refractivity contribution < 1.29 is 13.2 Å². The first-order valence-electron chi connectivity index (χ1n) is 8.18. The zero-order valence-corrected chi connectivity index (χ0v) is 14.0. The molecule has 6 nitrogen and oxygen atoms in total. The van der Waals surface area contributed by atoms with Crippen molar-refractivity contribution in [1.82, 2.24) is 9.88 Å². The summed E-state index contributed by atoms with van der Waals surface area (Å²) in [5, 5.41) is 0. The van der Waals surface area contributed by atoms with Crippen LogP contribution < -0.4 is 4.90 Å². The van der Waals surface area contributed by atoms with Crippen LogP contribution in [0.1, 0.15) is 19.3 Å². The van der Waals surface area contributed by atoms with E-state index in [2.05, 4.69) is 9.88 Å². The summed E-state index contributed by atoms with van der Waals surface area (Å²) in [6.07, 6.45) is 3.52. The number of piperazine rings is 1. The fourth-order valence-electron chi connectivity index (χ4n) is 3.24. The molecule has 0 radical (unpaired) electrons. The quantitative estimate of drug-likeness (QED) is 0.821. The van der Waals surface area contributed by atoms with Crippen molar-refractivity contribution in [2.75, 3.05) is 42.6 Å². The van der Waals surface area contributed by atoms with E-state index in [9.17, 15) is 13.2 Å². The van der Waals surface area contributed by atoms with Gasteiger partial charge in [-0.05, 0) is 30.9 Å². The second kappa shape index (κ2) is 6.86. The Bertz CT molecular complexity index is 626. The minimum atomic E-state index is -2.85. The lowest BCUT2D eigenvalue weighted by molar-refractivity contribution is -0.132. The molecule has 3 rings (SSSR count). The molecule has 2 saturated heterocycles. The van der Waals surface area contributed by atoms with Gasteiger partial charge in [-0.25, -0.2) is 13.4 Å². The molecule has 126 valence electrons. The molecule has 0 saturated carbocycles. The number of hydrogen-bond acceptors (Lipinski definition) is 5. The lowest BCUT2D eigenvalue weighted by Gasteiger charge is -2.36. The number of pyridine rings is 1. The summed E-state index contributed by atoms with van der Waals surface area (Å²) >= 11 is 0. The Morgan fingerprint density at radius 2 is 1.83 bits per heavy atom. The van der Waals surface area contributed by atoms with Gasteiger partial charge in [-0.1, -0.05) is 6.07 Å². The Kier molecular flexibility index (Phi) is 4.84. The van der Waals surface area contributed by atoms with E-state index in [0.717, 1.165) is 18.9 Å². The van der Waals surface area contributed by atoms with Gasteiger partial charge in [-0.3, -0.25) is 4.79 Å². The van der Waals surface area contributed by atoms with E-state index in [-0.39, 0.29) is 23.3 Å². The number of anilines is 1. The molecule has 2 aliphatic rings. The van der Waals surface area contributed by atoms with Crippen molar-refractivity contribution in [2.45, 2.75) is 19.3 Å². The predicted molar refractivity (Wildman–Crippen MR) is 89.0 cm³/mol. The van der Waals surface area contributed by atoms with Gasteiger partial charge in [0.15, 0.2) is 0 Å². The minimum Gasteiger partial charge on any atom is -0.353 e. The molecule has 2 fully saturated rings. The lowest BCUT2D eigenvalue weighted by Crippen LogP contribution is -2.49. The summed E-state index contributed by atoms with van der Waals surface area (Å²) < 4.78 is 22.9. The molecular weight excluding hydrogens is 314 g/mol. The van der Waals surface area contributed by atoms with Crippen LogP contribution >= 0.6 is 0 Å². The second-order valence-electron chi connectivity index (χ2n) is 6.36. The van der Waals surface area contributed by atoms with Gasteiger partial charge in [0.1, 0.15) is 15.7 Å². The molecule has 23 heavy (non-hydrogen) atoms. The molecule has 0 aliphatic carbocycles. The topological polar surface area (TPSA) is 70.6 Å². The fraction of sp³-hybridized carbons (Fsp3) is 0.625. The van der Waals surface area contributed by atoms with E-state index in [1.807, 2.05) is 23.1 Å². The van der Waals surface area contributed by atoms with Crippen molar-refractivity contribution in [3.05, 3.63) is 24.4 Å². The van der Waals surface area contributed by atoms with Crippen molar-refractivity contribution in [2.24, 2.45) is 5.92 Å². The van der Waals surface area contributed by atoms with Gasteiger partial charge in [-0.2, -0.15) is 0 Å². The van der Waals surface area contributed by atoms with Crippen molar-refractivity contribution in [3.8, 4) is 0 Å². The number of hydrogen-bond donors (Lipinski definition) is 0. The Labute approximate surface area is 137 Å². The minimum absolute atomic E-state index is 0.162. The third-order valence-electron chi connectivity index (χ3n) is 4.74. The molecule has 7 heteroatoms. The van der Waals surface area contributed by atoms with Crippen LogP contribution in [0.25, 0.3) is 0 Å². The Hall–Kier alpha value is -1.63. The van der Waals surface area contributed by atoms with Crippen LogP contribution in [-0.4, -0.2) is 61.9 Å². The number of rotatable bonds is 3. The first-order valence-corrected chi connectivity index (χ1v) is 10.00. The van der Waals surface area contributed by atoms with E-state index in [1.54, 1.807) is 6.20 Å². The van der Waals surface area contributed by atoms with Crippen molar-refractivity contribution in [3.63, 3.8) is 0 Å². The molecule has 1 amide bonds. The first-order chi connectivity index (χ1) is 11.0. The number of carbonyl (C=O) groups excluding carboxylic acids is 1. The van der Waals surface area contributed by atoms with E-state index in [4.69, 9.17) is 0 Å². The first kappa shape index (κ1) is 16.2. The van der Waals surface area contributed by atoms with Crippen LogP contribution in [0.3, 0.4) is 0 Å². The monoisotopic (exact) mass is 337 g/mol. The van der Waals surface area contributed by atoms with Crippen molar-refractivity contribution in [1.29, 1.82) is 0 Å². The molecule has 1 aromatic rings. The Morgan fingerprint density at radius 1 is 1.13 bits per heavy atom. The Morgan fingerprint density at radius 3 is 2.43 bits per heavy atom. The van der Waals surface area contributed by atoms with Gasteiger partial charge in [0.05, 0.1) is 11.5 Å². The van der Waals surface area contributed by atoms with Gasteiger partial charge in [0, 0.05) is 38.8 Å². The highest BCUT2D eigenvalue weighted by atomic mass is 32.2. The fourth-order valence-corrected chi connectivity index (χ4v) is 4.83. The smallest absolute Gasteiger partial charge is 0.222 e. The van der Waals surface area contributed by atoms with Crippen molar-refractivity contribution >= 4 is 21.6 Å². The molecular formula is C16H23N3O3S. The molecule has 0 N–H and O–H groups in total. The number of amides is 1. The highest BCUT2D eigenvalue weighted by molar-refractivity contribution is 7.91. The largest absolute Gasteiger partial charge is 0.353 e. The number of carbonyl (C=O) groups is 1. The van der Waals surface area contributed by atoms with Crippen LogP contribution in [0.4, 0.5) is 5.82 Å². The summed E-state index contributed by atoms with van der Waals surface area (Å²) in [6.45, 7) is 3.00. The van der Waals surface area contributed by atoms with Gasteiger partial charge in [0.25, 0.3) is 0 Å². The predicted octanol–water partition coefficient (Wildman–Crippen LogP) is 0.945. The summed E-state index contributed by atoms with van der Waals surface area (Å²) in [4.78, 5) is 20.9. The Balaban J connectivity index is 1.47. The SMILES string of the molecule is O=C(CC1CCS(=O)(=O)CC1)N1CCN(c2ccccn2)CC1. The van der Waals surface area contributed by atoms with Crippen LogP contribution in [0.2, 0.25) is 0 Å². The standard InChI is InChI=1S/C16H23N3O3S/c20-16(13-14-4-11-23(21,22)12-5-14)19-9-7-18(8-10-19)15-3-1-2-6-17-15/h1-3,6,14H,4-5,7-13H2. The van der Waals surface area contributed by atoms with E-state index in [0.29, 0.717) is 32.4 Å². The zero-order chi connectivity index (χ0) is 16.3. The third-order valence-corrected chi connectivity index (χ3v) is 6.46. The molecule has 0 spiro atoms. The maximum Gasteiger partial charge on any atom is 0.222 e. The summed E-state index contributed by atoms with van der Waals surface area (Å²) in [5.74, 6) is 1.81. The maximum absolute atomic E-state index is 12.4. The van der Waals surface area contributed by atoms with Gasteiger partial charge < -0.3 is 9.80 Å². The van der Waals surface area contributed by atoms with Gasteiger partial charge >= 0.3 is 0 Å². The third kappa shape index (κ3) is 4.22. The lowest BCUT2D eigenvalue weighted by atomic mass is 9.98. The molecule has 0 bridgehead atoms. The average Bonchev–Trinajstić information content (AvgIpc) is 2.58. The van der Waals surface area contributed by atoms with Gasteiger partial charge in [-0.15, -0.1) is 0 Å². The number of nitrogens with zero attached hydrogens (tertiary/aromatic N) is 3. The zero-order valence-electron chi connectivity index (χ0n) is 13.2. The highest BCUT2D eigenvalue weighted by Gasteiger charge is 2.28. The molecule has 0 atom stereocenters. The molecule has 2 aliphatic heterocycles. The molecule has 0 unspecified atom stereocenters. The van der Waals surface area contributed by atoms with Crippen LogP contribution in [-0.2, 0) is 14.6 Å². The van der Waals surface area contributed by atoms with E-state index in [1.165, 1.54) is 0 Å². The summed E-state index contributed by atoms with van der Waals surface area (Å²) in [7, 11) is -2.85. The van der Waals surface area contributed by atoms with Crippen LogP contribution in [0, 0.1) is 5.92 Å². The average molecular weight is 337 g/mol. The molecule has 0 aromatic carbocycles. The molecule has 1 aromatic heterocycles. The number of sulfone groups is 1. The maximum atomic E-state index is 12.4. The second-order valence-corrected chi connectivity index (χ2v) is 8.66. The van der Waals surface area contributed by atoms with Crippen LogP contribution in [0.5, 0.6) is 0 Å². The van der Waals surface area contributed by atoms with Gasteiger partial charge in [0.2, 0.25) is 5.91 Å². The summed E-state index contributed by atoms with van der Waals surface area (Å²) in [6, 6.07) is 5.85. The summed E-state index contributed by atoms with van der Waals surface area (Å²) in [5.41, 5.74) is 0. The highest BCUT2D eigenvalue weighted by Crippen LogP contribution is 2.23. The number of aromatic nitrogens is 1. The van der Waals surface area contributed by atoms with Crippen LogP contribution in [0.15, 0.2) is 24.4 Å². The molecule has 3 heterocycles. The normalized spacial score (nSPS) is 22.1. The van der Waals surface area contributed by atoms with E-state index < -0.39 is 9.84 Å². The van der Waals surface area contributed by atoms with E-state index >= 15 is 0 Å².